The van der Waals surface area contributed by atoms with E-state index in [1.807, 2.05) is 54.8 Å². The van der Waals surface area contributed by atoms with Crippen molar-refractivity contribution in [3.05, 3.63) is 69.9 Å². The van der Waals surface area contributed by atoms with E-state index in [0.29, 0.717) is 0 Å². The Morgan fingerprint density at radius 3 is 2.50 bits per heavy atom. The number of carbonyl (C=O) groups is 1. The van der Waals surface area contributed by atoms with Gasteiger partial charge < -0.3 is 0 Å². The van der Waals surface area contributed by atoms with Crippen LogP contribution in [0, 0.1) is 6.92 Å². The molecule has 0 spiro atoms. The van der Waals surface area contributed by atoms with E-state index < -0.39 is 0 Å². The van der Waals surface area contributed by atoms with E-state index in [2.05, 4.69) is 6.07 Å². The summed E-state index contributed by atoms with van der Waals surface area (Å²) in [5.74, 6) is 0.110. The zero-order chi connectivity index (χ0) is 12.5. The molecule has 0 N–H and O–H groups in total. The highest BCUT2D eigenvalue weighted by Crippen LogP contribution is 2.21. The second kappa shape index (κ2) is 4.39. The van der Waals surface area contributed by atoms with E-state index in [1.54, 1.807) is 0 Å². The maximum absolute atomic E-state index is 12.3. The molecule has 0 amide bonds. The summed E-state index contributed by atoms with van der Waals surface area (Å²) in [4.78, 5) is 13.1. The average Bonchev–Trinajstić information content (AvgIpc) is 2.84. The number of fused-ring (bicyclic) bond motifs is 1. The van der Waals surface area contributed by atoms with Crippen LogP contribution in [-0.4, -0.2) is 5.78 Å². The normalized spacial score (nSPS) is 10.7. The molecule has 0 saturated carbocycles. The Balaban J connectivity index is 2.06. The van der Waals surface area contributed by atoms with Gasteiger partial charge in [0.2, 0.25) is 5.78 Å². The smallest absolute Gasteiger partial charge is 0.202 e. The number of thiophene rings is 1. The van der Waals surface area contributed by atoms with Gasteiger partial charge >= 0.3 is 0 Å². The predicted octanol–water partition coefficient (Wildman–Crippen LogP) is 4.44. The number of hydrogen-bond acceptors (Lipinski definition) is 2. The molecule has 2 aromatic carbocycles. The molecule has 0 aliphatic rings. The van der Waals surface area contributed by atoms with Crippen molar-refractivity contribution in [2.45, 2.75) is 6.92 Å². The summed E-state index contributed by atoms with van der Waals surface area (Å²) in [7, 11) is 0. The van der Waals surface area contributed by atoms with E-state index >= 15 is 0 Å². The molecule has 0 unspecified atom stereocenters. The van der Waals surface area contributed by atoms with Crippen molar-refractivity contribution in [1.29, 1.82) is 0 Å². The first-order valence-corrected chi connectivity index (χ1v) is 6.71. The first kappa shape index (κ1) is 11.2. The highest BCUT2D eigenvalue weighted by molar-refractivity contribution is 7.12. The van der Waals surface area contributed by atoms with Crippen molar-refractivity contribution < 1.29 is 4.79 Å². The number of ketones is 1. The van der Waals surface area contributed by atoms with Gasteiger partial charge in [-0.2, -0.15) is 0 Å². The lowest BCUT2D eigenvalue weighted by Crippen LogP contribution is -1.98. The number of hydrogen-bond donors (Lipinski definition) is 0. The zero-order valence-electron chi connectivity index (χ0n) is 10.0. The molecule has 3 rings (SSSR count). The van der Waals surface area contributed by atoms with Gasteiger partial charge in [0.1, 0.15) is 0 Å². The molecule has 0 aliphatic carbocycles. The molecule has 1 nitrogen and oxygen atoms in total. The number of carbonyl (C=O) groups excluding carboxylic acids is 1. The van der Waals surface area contributed by atoms with Gasteiger partial charge in [-0.25, -0.2) is 0 Å². The standard InChI is InChI=1S/C16H12OS/c1-11-8-15(18-10-11)16(17)14-7-6-12-4-2-3-5-13(12)9-14/h2-10H,1H3. The van der Waals surface area contributed by atoms with Crippen molar-refractivity contribution in [1.82, 2.24) is 0 Å². The molecule has 1 heterocycles. The lowest BCUT2D eigenvalue weighted by atomic mass is 10.0. The van der Waals surface area contributed by atoms with Crippen molar-refractivity contribution in [3.8, 4) is 0 Å². The lowest BCUT2D eigenvalue weighted by Gasteiger charge is -2.01. The van der Waals surface area contributed by atoms with Crippen LogP contribution < -0.4 is 0 Å². The highest BCUT2D eigenvalue weighted by Gasteiger charge is 2.11. The Labute approximate surface area is 110 Å². The van der Waals surface area contributed by atoms with Gasteiger partial charge in [-0.3, -0.25) is 4.79 Å². The third kappa shape index (κ3) is 1.95. The van der Waals surface area contributed by atoms with Gasteiger partial charge in [-0.05, 0) is 40.8 Å². The minimum Gasteiger partial charge on any atom is -0.288 e. The second-order valence-corrected chi connectivity index (χ2v) is 5.29. The van der Waals surface area contributed by atoms with Crippen molar-refractivity contribution >= 4 is 27.9 Å². The first-order valence-electron chi connectivity index (χ1n) is 5.83. The Bertz CT molecular complexity index is 725. The third-order valence-electron chi connectivity index (χ3n) is 2.97. The topological polar surface area (TPSA) is 17.1 Å². The van der Waals surface area contributed by atoms with Crippen molar-refractivity contribution in [2.24, 2.45) is 0 Å². The molecule has 0 atom stereocenters. The van der Waals surface area contributed by atoms with E-state index in [1.165, 1.54) is 11.3 Å². The maximum Gasteiger partial charge on any atom is 0.202 e. The minimum absolute atomic E-state index is 0.110. The monoisotopic (exact) mass is 252 g/mol. The number of benzene rings is 2. The maximum atomic E-state index is 12.3. The van der Waals surface area contributed by atoms with Gasteiger partial charge in [-0.15, -0.1) is 11.3 Å². The molecule has 18 heavy (non-hydrogen) atoms. The fourth-order valence-electron chi connectivity index (χ4n) is 2.02. The molecule has 2 heteroatoms. The Hall–Kier alpha value is -1.93. The van der Waals surface area contributed by atoms with Gasteiger partial charge in [0.25, 0.3) is 0 Å². The van der Waals surface area contributed by atoms with Crippen LogP contribution in [0.3, 0.4) is 0 Å². The summed E-state index contributed by atoms with van der Waals surface area (Å²) in [5, 5.41) is 4.28. The van der Waals surface area contributed by atoms with E-state index in [-0.39, 0.29) is 5.78 Å². The van der Waals surface area contributed by atoms with Gasteiger partial charge in [0, 0.05) is 5.56 Å². The fourth-order valence-corrected chi connectivity index (χ4v) is 2.88. The Morgan fingerprint density at radius 2 is 1.78 bits per heavy atom. The van der Waals surface area contributed by atoms with E-state index in [9.17, 15) is 4.79 Å². The molecule has 0 saturated heterocycles. The number of rotatable bonds is 2. The summed E-state index contributed by atoms with van der Waals surface area (Å²) in [6, 6.07) is 15.9. The van der Waals surface area contributed by atoms with Crippen LogP contribution in [-0.2, 0) is 0 Å². The van der Waals surface area contributed by atoms with Gasteiger partial charge in [0.15, 0.2) is 0 Å². The van der Waals surface area contributed by atoms with E-state index in [4.69, 9.17) is 0 Å². The fraction of sp³-hybridized carbons (Fsp3) is 0.0625. The Kier molecular flexibility index (Phi) is 2.73. The largest absolute Gasteiger partial charge is 0.288 e. The van der Waals surface area contributed by atoms with E-state index in [0.717, 1.165) is 26.8 Å². The highest BCUT2D eigenvalue weighted by atomic mass is 32.1. The SMILES string of the molecule is Cc1csc(C(=O)c2ccc3ccccc3c2)c1. The lowest BCUT2D eigenvalue weighted by molar-refractivity contribution is 0.104. The molecule has 1 aromatic heterocycles. The van der Waals surface area contributed by atoms with Crippen LogP contribution in [0.5, 0.6) is 0 Å². The molecule has 3 aromatic rings. The van der Waals surface area contributed by atoms with Crippen LogP contribution in [0.25, 0.3) is 10.8 Å². The van der Waals surface area contributed by atoms with Crippen molar-refractivity contribution in [2.75, 3.05) is 0 Å². The summed E-state index contributed by atoms with van der Waals surface area (Å²) < 4.78 is 0. The summed E-state index contributed by atoms with van der Waals surface area (Å²) >= 11 is 1.51. The van der Waals surface area contributed by atoms with Gasteiger partial charge in [-0.1, -0.05) is 36.4 Å². The van der Waals surface area contributed by atoms with Crippen LogP contribution in [0.15, 0.2) is 53.9 Å². The van der Waals surface area contributed by atoms with Crippen LogP contribution in [0.1, 0.15) is 20.8 Å². The van der Waals surface area contributed by atoms with Crippen LogP contribution >= 0.6 is 11.3 Å². The molecule has 0 bridgehead atoms. The summed E-state index contributed by atoms with van der Waals surface area (Å²) in [5.41, 5.74) is 1.90. The minimum atomic E-state index is 0.110. The van der Waals surface area contributed by atoms with Gasteiger partial charge in [0.05, 0.1) is 4.88 Å². The summed E-state index contributed by atoms with van der Waals surface area (Å²) in [6.07, 6.45) is 0. The molecule has 0 aliphatic heterocycles. The van der Waals surface area contributed by atoms with Crippen molar-refractivity contribution in [3.63, 3.8) is 0 Å². The third-order valence-corrected chi connectivity index (χ3v) is 4.01. The molecule has 0 radical (unpaired) electrons. The van der Waals surface area contributed by atoms with Crippen LogP contribution in [0.4, 0.5) is 0 Å². The first-order chi connectivity index (χ1) is 8.74. The molecule has 88 valence electrons. The predicted molar refractivity (Wildman–Crippen MR) is 76.4 cm³/mol. The molecular weight excluding hydrogens is 240 g/mol. The second-order valence-electron chi connectivity index (χ2n) is 4.38. The Morgan fingerprint density at radius 1 is 1.00 bits per heavy atom. The average molecular weight is 252 g/mol. The molecule has 0 fully saturated rings. The van der Waals surface area contributed by atoms with Crippen LogP contribution in [0.2, 0.25) is 0 Å². The zero-order valence-corrected chi connectivity index (χ0v) is 10.8. The quantitative estimate of drug-likeness (QED) is 0.616. The number of aryl methyl sites for hydroxylation is 1. The summed E-state index contributed by atoms with van der Waals surface area (Å²) in [6.45, 7) is 2.01. The molecular formula is C16H12OS.